The third kappa shape index (κ3) is 5.00. The molecule has 0 aromatic heterocycles. The highest BCUT2D eigenvalue weighted by molar-refractivity contribution is 9.10. The van der Waals surface area contributed by atoms with E-state index in [1.54, 1.807) is 25.3 Å². The second-order valence-corrected chi connectivity index (χ2v) is 5.77. The van der Waals surface area contributed by atoms with Crippen LogP contribution >= 0.6 is 15.9 Å². The second-order valence-electron chi connectivity index (χ2n) is 4.86. The molecule has 2 aromatic rings. The van der Waals surface area contributed by atoms with Crippen LogP contribution in [0, 0.1) is 6.92 Å². The molecular weight excluding hydrogens is 344 g/mol. The number of nitrogens with one attached hydrogen (secondary N) is 1. The van der Waals surface area contributed by atoms with E-state index >= 15 is 0 Å². The Balaban J connectivity index is 1.85. The number of ether oxygens (including phenoxy) is 1. The Morgan fingerprint density at radius 1 is 1.18 bits per heavy atom. The highest BCUT2D eigenvalue weighted by Crippen LogP contribution is 2.17. The van der Waals surface area contributed by atoms with Crippen LogP contribution in [0.2, 0.25) is 0 Å². The average molecular weight is 361 g/mol. The van der Waals surface area contributed by atoms with Gasteiger partial charge in [-0.05, 0) is 43.7 Å². The first-order chi connectivity index (χ1) is 10.5. The van der Waals surface area contributed by atoms with E-state index in [0.717, 1.165) is 10.0 Å². The van der Waals surface area contributed by atoms with Crippen LogP contribution in [0.4, 0.5) is 0 Å². The van der Waals surface area contributed by atoms with Gasteiger partial charge in [0.05, 0.1) is 6.21 Å². The summed E-state index contributed by atoms with van der Waals surface area (Å²) < 4.78 is 6.50. The van der Waals surface area contributed by atoms with Crippen LogP contribution in [-0.2, 0) is 4.79 Å². The minimum absolute atomic E-state index is 0.300. The number of carbonyl (C=O) groups is 1. The predicted octanol–water partition coefficient (Wildman–Crippen LogP) is 3.68. The molecule has 0 saturated heterocycles. The second kappa shape index (κ2) is 7.75. The molecule has 0 bridgehead atoms. The van der Waals surface area contributed by atoms with Gasteiger partial charge in [0, 0.05) is 4.47 Å². The zero-order valence-electron chi connectivity index (χ0n) is 12.4. The third-order valence-corrected chi connectivity index (χ3v) is 3.49. The fourth-order valence-corrected chi connectivity index (χ4v) is 1.95. The van der Waals surface area contributed by atoms with Crippen molar-refractivity contribution < 1.29 is 9.53 Å². The number of carbonyl (C=O) groups excluding carboxylic acids is 1. The minimum atomic E-state index is -0.628. The molecule has 1 amide bonds. The van der Waals surface area contributed by atoms with Crippen molar-refractivity contribution in [2.75, 3.05) is 0 Å². The van der Waals surface area contributed by atoms with Crippen LogP contribution in [0.1, 0.15) is 18.1 Å². The van der Waals surface area contributed by atoms with Gasteiger partial charge in [-0.3, -0.25) is 4.79 Å². The third-order valence-electron chi connectivity index (χ3n) is 2.96. The number of rotatable bonds is 5. The number of hydrazone groups is 1. The largest absolute Gasteiger partial charge is 0.481 e. The van der Waals surface area contributed by atoms with Crippen molar-refractivity contribution in [3.05, 3.63) is 64.1 Å². The molecule has 22 heavy (non-hydrogen) atoms. The van der Waals surface area contributed by atoms with Crippen molar-refractivity contribution in [2.45, 2.75) is 20.0 Å². The molecule has 1 unspecified atom stereocenters. The van der Waals surface area contributed by atoms with Crippen LogP contribution in [0.25, 0.3) is 0 Å². The zero-order valence-corrected chi connectivity index (χ0v) is 14.0. The van der Waals surface area contributed by atoms with Gasteiger partial charge in [-0.25, -0.2) is 5.43 Å². The van der Waals surface area contributed by atoms with Gasteiger partial charge in [0.25, 0.3) is 5.91 Å². The number of nitrogens with zero attached hydrogens (tertiary/aromatic N) is 1. The van der Waals surface area contributed by atoms with Crippen molar-refractivity contribution >= 4 is 28.1 Å². The maximum atomic E-state index is 11.9. The lowest BCUT2D eigenvalue weighted by atomic mass is 10.2. The van der Waals surface area contributed by atoms with Crippen molar-refractivity contribution in [3.8, 4) is 5.75 Å². The summed E-state index contributed by atoms with van der Waals surface area (Å²) in [6.45, 7) is 3.70. The summed E-state index contributed by atoms with van der Waals surface area (Å²) in [5.41, 5.74) is 4.58. The molecule has 1 N–H and O–H groups in total. The van der Waals surface area contributed by atoms with E-state index in [0.29, 0.717) is 5.75 Å². The number of aryl methyl sites for hydroxylation is 1. The molecule has 0 fully saturated rings. The number of hydrogen-bond donors (Lipinski definition) is 1. The Morgan fingerprint density at radius 3 is 2.45 bits per heavy atom. The monoisotopic (exact) mass is 360 g/mol. The van der Waals surface area contributed by atoms with E-state index in [-0.39, 0.29) is 5.91 Å². The van der Waals surface area contributed by atoms with E-state index in [1.165, 1.54) is 5.56 Å². The molecular formula is C17H17BrN2O2. The Labute approximate surface area is 138 Å². The molecule has 0 aliphatic heterocycles. The summed E-state index contributed by atoms with van der Waals surface area (Å²) in [7, 11) is 0. The minimum Gasteiger partial charge on any atom is -0.481 e. The molecule has 4 nitrogen and oxygen atoms in total. The van der Waals surface area contributed by atoms with Crippen LogP contribution in [0.15, 0.2) is 58.1 Å². The summed E-state index contributed by atoms with van der Waals surface area (Å²) in [6.07, 6.45) is 0.972. The molecule has 2 rings (SSSR count). The van der Waals surface area contributed by atoms with Gasteiger partial charge in [-0.15, -0.1) is 0 Å². The maximum Gasteiger partial charge on any atom is 0.280 e. The SMILES string of the molecule is Cc1ccc(/C=N/NC(=O)C(C)Oc2ccc(Br)cc2)cc1. The van der Waals surface area contributed by atoms with Crippen molar-refractivity contribution in [3.63, 3.8) is 0 Å². The van der Waals surface area contributed by atoms with E-state index in [9.17, 15) is 4.79 Å². The normalized spacial score (nSPS) is 12.1. The highest BCUT2D eigenvalue weighted by Gasteiger charge is 2.13. The van der Waals surface area contributed by atoms with Gasteiger partial charge >= 0.3 is 0 Å². The number of halogens is 1. The summed E-state index contributed by atoms with van der Waals surface area (Å²) in [5, 5.41) is 3.94. The van der Waals surface area contributed by atoms with Gasteiger partial charge in [-0.1, -0.05) is 45.8 Å². The molecule has 0 saturated carbocycles. The number of amides is 1. The Hall–Kier alpha value is -2.14. The van der Waals surface area contributed by atoms with Crippen LogP contribution in [0.3, 0.4) is 0 Å². The lowest BCUT2D eigenvalue weighted by Gasteiger charge is -2.12. The van der Waals surface area contributed by atoms with Crippen molar-refractivity contribution in [2.24, 2.45) is 5.10 Å². The molecule has 0 spiro atoms. The number of hydrogen-bond acceptors (Lipinski definition) is 3. The molecule has 0 aliphatic rings. The van der Waals surface area contributed by atoms with E-state index < -0.39 is 6.10 Å². The molecule has 0 radical (unpaired) electrons. The molecule has 2 aromatic carbocycles. The van der Waals surface area contributed by atoms with Crippen molar-refractivity contribution in [1.82, 2.24) is 5.43 Å². The van der Waals surface area contributed by atoms with Crippen LogP contribution in [-0.4, -0.2) is 18.2 Å². The average Bonchev–Trinajstić information content (AvgIpc) is 2.51. The number of benzene rings is 2. The quantitative estimate of drug-likeness (QED) is 0.653. The molecule has 114 valence electrons. The van der Waals surface area contributed by atoms with E-state index in [1.807, 2.05) is 43.3 Å². The first-order valence-electron chi connectivity index (χ1n) is 6.86. The molecule has 5 heteroatoms. The lowest BCUT2D eigenvalue weighted by molar-refractivity contribution is -0.127. The van der Waals surface area contributed by atoms with Crippen molar-refractivity contribution in [1.29, 1.82) is 0 Å². The van der Waals surface area contributed by atoms with E-state index in [2.05, 4.69) is 26.5 Å². The Kier molecular flexibility index (Phi) is 5.72. The van der Waals surface area contributed by atoms with Crippen LogP contribution < -0.4 is 10.2 Å². The van der Waals surface area contributed by atoms with Gasteiger partial charge in [0.2, 0.25) is 0 Å². The fourth-order valence-electron chi connectivity index (χ4n) is 1.68. The predicted molar refractivity (Wildman–Crippen MR) is 91.1 cm³/mol. The van der Waals surface area contributed by atoms with Crippen LogP contribution in [0.5, 0.6) is 5.75 Å². The smallest absolute Gasteiger partial charge is 0.280 e. The summed E-state index contributed by atoms with van der Waals surface area (Å²) >= 11 is 3.35. The van der Waals surface area contributed by atoms with Gasteiger partial charge in [-0.2, -0.15) is 5.10 Å². The maximum absolute atomic E-state index is 11.9. The zero-order chi connectivity index (χ0) is 15.9. The lowest BCUT2D eigenvalue weighted by Crippen LogP contribution is -2.33. The molecule has 0 aliphatic carbocycles. The fraction of sp³-hybridized carbons (Fsp3) is 0.176. The Bertz CT molecular complexity index is 651. The molecule has 0 heterocycles. The Morgan fingerprint density at radius 2 is 1.82 bits per heavy atom. The van der Waals surface area contributed by atoms with Gasteiger partial charge in [0.15, 0.2) is 6.10 Å². The summed E-state index contributed by atoms with van der Waals surface area (Å²) in [5.74, 6) is 0.333. The highest BCUT2D eigenvalue weighted by atomic mass is 79.9. The van der Waals surface area contributed by atoms with Gasteiger partial charge in [0.1, 0.15) is 5.75 Å². The molecule has 1 atom stereocenters. The summed E-state index contributed by atoms with van der Waals surface area (Å²) in [4.78, 5) is 11.9. The first-order valence-corrected chi connectivity index (χ1v) is 7.66. The standard InChI is InChI=1S/C17H17BrN2O2/c1-12-3-5-14(6-4-12)11-19-20-17(21)13(2)22-16-9-7-15(18)8-10-16/h3-11,13H,1-2H3,(H,20,21)/b19-11+. The summed E-state index contributed by atoms with van der Waals surface area (Å²) in [6, 6.07) is 15.2. The van der Waals surface area contributed by atoms with Gasteiger partial charge < -0.3 is 4.74 Å². The van der Waals surface area contributed by atoms with E-state index in [4.69, 9.17) is 4.74 Å². The first kappa shape index (κ1) is 16.2. The topological polar surface area (TPSA) is 50.7 Å².